The molecule has 0 aliphatic carbocycles. The van der Waals surface area contributed by atoms with Gasteiger partial charge in [0.25, 0.3) is 0 Å². The number of nitrogens with one attached hydrogen (secondary N) is 1. The fourth-order valence-electron chi connectivity index (χ4n) is 4.16. The van der Waals surface area contributed by atoms with Gasteiger partial charge in [0.1, 0.15) is 5.75 Å². The molecule has 3 aromatic carbocycles. The number of hydrogen-bond acceptors (Lipinski definition) is 6. The fourth-order valence-corrected chi connectivity index (χ4v) is 4.97. The monoisotopic (exact) mass is 509 g/mol. The van der Waals surface area contributed by atoms with Crippen molar-refractivity contribution < 1.29 is 9.53 Å². The summed E-state index contributed by atoms with van der Waals surface area (Å²) in [4.78, 5) is 17.6. The molecule has 8 heteroatoms. The Morgan fingerprint density at radius 1 is 0.946 bits per heavy atom. The van der Waals surface area contributed by atoms with Crippen LogP contribution in [0.5, 0.6) is 5.75 Å². The number of aromatic nitrogens is 4. The number of amides is 1. The van der Waals surface area contributed by atoms with E-state index in [0.717, 1.165) is 33.5 Å². The molecule has 0 atom stereocenters. The minimum Gasteiger partial charge on any atom is -0.492 e. The lowest BCUT2D eigenvalue weighted by Crippen LogP contribution is -2.15. The van der Waals surface area contributed by atoms with Crippen molar-refractivity contribution >= 4 is 34.3 Å². The number of ether oxygens (including phenoxy) is 1. The number of carbonyl (C=O) groups is 1. The van der Waals surface area contributed by atoms with Crippen molar-refractivity contribution in [2.24, 2.45) is 0 Å². The number of nitrogens with zero attached hydrogens (tertiary/aromatic N) is 4. The van der Waals surface area contributed by atoms with Gasteiger partial charge in [-0.2, -0.15) is 0 Å². The molecule has 5 aromatic rings. The van der Waals surface area contributed by atoms with Crippen LogP contribution < -0.4 is 10.1 Å². The van der Waals surface area contributed by atoms with Gasteiger partial charge in [0.05, 0.1) is 29.3 Å². The Hall–Kier alpha value is -4.17. The number of anilines is 1. The number of fused-ring (bicyclic) bond motifs is 1. The second kappa shape index (κ2) is 11.3. The quantitative estimate of drug-likeness (QED) is 0.235. The summed E-state index contributed by atoms with van der Waals surface area (Å²) in [6, 6.07) is 27.7. The van der Waals surface area contributed by atoms with Crippen LogP contribution in [-0.2, 0) is 11.3 Å². The normalized spacial score (nSPS) is 11.0. The molecule has 0 saturated carbocycles. The van der Waals surface area contributed by atoms with E-state index in [4.69, 9.17) is 9.72 Å². The van der Waals surface area contributed by atoms with Crippen LogP contribution in [0.4, 0.5) is 5.69 Å². The van der Waals surface area contributed by atoms with Crippen LogP contribution >= 0.6 is 11.8 Å². The highest BCUT2D eigenvalue weighted by Crippen LogP contribution is 2.33. The predicted molar refractivity (Wildman–Crippen MR) is 149 cm³/mol. The van der Waals surface area contributed by atoms with Crippen molar-refractivity contribution in [3.8, 4) is 28.4 Å². The van der Waals surface area contributed by atoms with Crippen molar-refractivity contribution in [2.45, 2.75) is 25.5 Å². The highest BCUT2D eigenvalue weighted by atomic mass is 32.2. The first-order valence-electron chi connectivity index (χ1n) is 12.2. The van der Waals surface area contributed by atoms with Crippen LogP contribution in [0.2, 0.25) is 0 Å². The Morgan fingerprint density at radius 3 is 2.51 bits per heavy atom. The van der Waals surface area contributed by atoms with Crippen LogP contribution in [0.1, 0.15) is 13.8 Å². The van der Waals surface area contributed by atoms with Crippen molar-refractivity contribution in [1.29, 1.82) is 0 Å². The van der Waals surface area contributed by atoms with Crippen molar-refractivity contribution in [2.75, 3.05) is 17.7 Å². The third-order valence-electron chi connectivity index (χ3n) is 5.85. The first-order chi connectivity index (χ1) is 18.2. The third kappa shape index (κ3) is 5.34. The lowest BCUT2D eigenvalue weighted by molar-refractivity contribution is -0.113. The Balaban J connectivity index is 1.43. The topological polar surface area (TPSA) is 81.9 Å². The Bertz CT molecular complexity index is 1530. The van der Waals surface area contributed by atoms with Crippen LogP contribution in [0, 0.1) is 0 Å². The number of hydrogen-bond donors (Lipinski definition) is 1. The van der Waals surface area contributed by atoms with E-state index in [9.17, 15) is 4.79 Å². The molecule has 1 amide bonds. The number of para-hydroxylation sites is 3. The molecule has 2 aromatic heterocycles. The lowest BCUT2D eigenvalue weighted by atomic mass is 10.0. The molecule has 0 fully saturated rings. The summed E-state index contributed by atoms with van der Waals surface area (Å²) in [5.41, 5.74) is 4.42. The minimum atomic E-state index is -0.134. The van der Waals surface area contributed by atoms with Gasteiger partial charge in [-0.25, -0.2) is 4.98 Å². The molecular formula is C29H27N5O2S. The summed E-state index contributed by atoms with van der Waals surface area (Å²) in [5, 5.41) is 13.6. The van der Waals surface area contributed by atoms with E-state index in [-0.39, 0.29) is 11.7 Å². The van der Waals surface area contributed by atoms with Gasteiger partial charge in [-0.1, -0.05) is 72.4 Å². The van der Waals surface area contributed by atoms with Crippen LogP contribution in [0.15, 0.2) is 90.1 Å². The summed E-state index contributed by atoms with van der Waals surface area (Å²) in [6.45, 7) is 5.16. The second-order valence-corrected chi connectivity index (χ2v) is 9.20. The molecule has 37 heavy (non-hydrogen) atoms. The van der Waals surface area contributed by atoms with E-state index < -0.39 is 0 Å². The standard InChI is InChI=1S/C29H27N5O2S/c1-3-34-28(22-18-25(20-12-6-5-7-13-20)30-23-15-9-8-14-21(22)23)32-33-29(34)37-19-27(35)31-24-16-10-11-17-26(24)36-4-2/h5-18H,3-4,19H2,1-2H3,(H,31,35). The van der Waals surface area contributed by atoms with E-state index in [1.165, 1.54) is 11.8 Å². The number of benzene rings is 3. The number of thioether (sulfide) groups is 1. The molecule has 0 saturated heterocycles. The molecule has 5 rings (SSSR count). The van der Waals surface area contributed by atoms with Crippen molar-refractivity contribution in [3.05, 3.63) is 84.9 Å². The van der Waals surface area contributed by atoms with Crippen molar-refractivity contribution in [1.82, 2.24) is 19.7 Å². The lowest BCUT2D eigenvalue weighted by Gasteiger charge is -2.12. The van der Waals surface area contributed by atoms with Gasteiger partial charge in [0.2, 0.25) is 5.91 Å². The molecule has 1 N–H and O–H groups in total. The van der Waals surface area contributed by atoms with Gasteiger partial charge in [0.15, 0.2) is 11.0 Å². The molecule has 0 radical (unpaired) electrons. The van der Waals surface area contributed by atoms with E-state index in [0.29, 0.717) is 29.7 Å². The molecule has 0 aliphatic heterocycles. The van der Waals surface area contributed by atoms with E-state index in [1.54, 1.807) is 0 Å². The number of pyridine rings is 1. The first kappa shape index (κ1) is 24.5. The summed E-state index contributed by atoms with van der Waals surface area (Å²) in [5.74, 6) is 1.47. The molecule has 0 aliphatic rings. The van der Waals surface area contributed by atoms with E-state index in [1.807, 2.05) is 72.2 Å². The van der Waals surface area contributed by atoms with Crippen molar-refractivity contribution in [3.63, 3.8) is 0 Å². The Labute approximate surface area is 219 Å². The first-order valence-corrected chi connectivity index (χ1v) is 13.2. The highest BCUT2D eigenvalue weighted by molar-refractivity contribution is 7.99. The van der Waals surface area contributed by atoms with Gasteiger partial charge in [-0.15, -0.1) is 10.2 Å². The van der Waals surface area contributed by atoms with E-state index in [2.05, 4.69) is 46.7 Å². The smallest absolute Gasteiger partial charge is 0.234 e. The Morgan fingerprint density at radius 2 is 1.70 bits per heavy atom. The highest BCUT2D eigenvalue weighted by Gasteiger charge is 2.18. The molecular weight excluding hydrogens is 482 g/mol. The molecule has 2 heterocycles. The number of rotatable bonds is 9. The fraction of sp³-hybridized carbons (Fsp3) is 0.172. The predicted octanol–water partition coefficient (Wildman–Crippen LogP) is 6.31. The maximum Gasteiger partial charge on any atom is 0.234 e. The molecule has 186 valence electrons. The molecule has 0 unspecified atom stereocenters. The zero-order valence-corrected chi connectivity index (χ0v) is 21.5. The van der Waals surface area contributed by atoms with E-state index >= 15 is 0 Å². The van der Waals surface area contributed by atoms with Gasteiger partial charge in [0, 0.05) is 23.1 Å². The molecule has 0 spiro atoms. The van der Waals surface area contributed by atoms with Gasteiger partial charge < -0.3 is 14.6 Å². The molecule has 7 nitrogen and oxygen atoms in total. The van der Waals surface area contributed by atoms with Crippen LogP contribution in [0.3, 0.4) is 0 Å². The summed E-state index contributed by atoms with van der Waals surface area (Å²) >= 11 is 1.36. The third-order valence-corrected chi connectivity index (χ3v) is 6.82. The maximum atomic E-state index is 12.7. The van der Waals surface area contributed by atoms with Gasteiger partial charge in [-0.05, 0) is 38.1 Å². The maximum absolute atomic E-state index is 12.7. The zero-order valence-electron chi connectivity index (χ0n) is 20.7. The van der Waals surface area contributed by atoms with Gasteiger partial charge in [-0.3, -0.25) is 4.79 Å². The minimum absolute atomic E-state index is 0.134. The average Bonchev–Trinajstić information content (AvgIpc) is 3.35. The Kier molecular flexibility index (Phi) is 7.46. The zero-order chi connectivity index (χ0) is 25.6. The molecule has 0 bridgehead atoms. The number of carbonyl (C=O) groups excluding carboxylic acids is 1. The summed E-state index contributed by atoms with van der Waals surface area (Å²) in [7, 11) is 0. The van der Waals surface area contributed by atoms with Crippen LogP contribution in [0.25, 0.3) is 33.5 Å². The largest absolute Gasteiger partial charge is 0.492 e. The summed E-state index contributed by atoms with van der Waals surface area (Å²) < 4.78 is 7.66. The second-order valence-electron chi connectivity index (χ2n) is 8.25. The SMILES string of the molecule is CCOc1ccccc1NC(=O)CSc1nnc(-c2cc(-c3ccccc3)nc3ccccc23)n1CC. The average molecular weight is 510 g/mol. The van der Waals surface area contributed by atoms with Gasteiger partial charge >= 0.3 is 0 Å². The van der Waals surface area contributed by atoms with Crippen LogP contribution in [-0.4, -0.2) is 38.0 Å². The summed E-state index contributed by atoms with van der Waals surface area (Å²) in [6.07, 6.45) is 0.